The number of rotatable bonds is 4. The number of nitrogens with zero attached hydrogens (tertiary/aromatic N) is 5. The molecule has 0 saturated carbocycles. The molecule has 1 aromatic carbocycles. The third kappa shape index (κ3) is 3.96. The molecule has 31 heavy (non-hydrogen) atoms. The van der Waals surface area contributed by atoms with E-state index in [1.807, 2.05) is 45.9 Å². The van der Waals surface area contributed by atoms with Crippen LogP contribution in [0.2, 0.25) is 5.02 Å². The van der Waals surface area contributed by atoms with E-state index >= 15 is 0 Å². The van der Waals surface area contributed by atoms with Crippen LogP contribution in [0.1, 0.15) is 0 Å². The summed E-state index contributed by atoms with van der Waals surface area (Å²) in [4.78, 5) is 26.0. The van der Waals surface area contributed by atoms with Crippen molar-refractivity contribution in [3.63, 3.8) is 0 Å². The number of carbonyl (C=O) groups is 1. The monoisotopic (exact) mass is 437 g/mol. The molecule has 2 aromatic heterocycles. The van der Waals surface area contributed by atoms with Gasteiger partial charge in [0.25, 0.3) is 0 Å². The van der Waals surface area contributed by atoms with E-state index in [9.17, 15) is 4.79 Å². The Bertz CT molecular complexity index is 1080. The van der Waals surface area contributed by atoms with Crippen LogP contribution in [0, 0.1) is 0 Å². The summed E-state index contributed by atoms with van der Waals surface area (Å²) in [5.41, 5.74) is 3.40. The number of pyridine rings is 1. The predicted octanol–water partition coefficient (Wildman–Crippen LogP) is 2.81. The summed E-state index contributed by atoms with van der Waals surface area (Å²) in [5, 5.41) is 0.672. The van der Waals surface area contributed by atoms with Crippen LogP contribution in [-0.2, 0) is 16.1 Å². The van der Waals surface area contributed by atoms with Gasteiger partial charge in [-0.3, -0.25) is 9.78 Å². The van der Waals surface area contributed by atoms with E-state index in [-0.39, 0.29) is 18.1 Å². The number of likely N-dealkylation sites (tertiary alicyclic amines) is 1. The van der Waals surface area contributed by atoms with Gasteiger partial charge in [-0.15, -0.1) is 0 Å². The number of carbonyl (C=O) groups excluding carboxylic acids is 1. The van der Waals surface area contributed by atoms with Crippen LogP contribution in [0.4, 0.5) is 0 Å². The molecule has 1 spiro atoms. The fourth-order valence-corrected chi connectivity index (χ4v) is 4.56. The van der Waals surface area contributed by atoms with Gasteiger partial charge in [0, 0.05) is 41.6 Å². The standard InChI is InChI=1S/C23H24ClN5O2/c1-27-10-11-31-23(13-27)14-29(15-23)20(30)12-28-16-26-21(17-2-4-19(24)5-3-17)22(28)18-6-8-25-9-7-18/h2-9,16H,10-15H2,1H3. The van der Waals surface area contributed by atoms with E-state index in [4.69, 9.17) is 16.3 Å². The van der Waals surface area contributed by atoms with Gasteiger partial charge in [0.1, 0.15) is 12.1 Å². The summed E-state index contributed by atoms with van der Waals surface area (Å²) in [6.45, 7) is 4.03. The van der Waals surface area contributed by atoms with Crippen molar-refractivity contribution >= 4 is 17.5 Å². The minimum Gasteiger partial charge on any atom is -0.369 e. The smallest absolute Gasteiger partial charge is 0.242 e. The molecule has 8 heteroatoms. The maximum absolute atomic E-state index is 13.1. The van der Waals surface area contributed by atoms with E-state index in [0.29, 0.717) is 18.1 Å². The Morgan fingerprint density at radius 3 is 2.55 bits per heavy atom. The highest BCUT2D eigenvalue weighted by Gasteiger charge is 2.48. The lowest BCUT2D eigenvalue weighted by atomic mass is 9.92. The molecular weight excluding hydrogens is 414 g/mol. The van der Waals surface area contributed by atoms with Crippen molar-refractivity contribution < 1.29 is 9.53 Å². The maximum Gasteiger partial charge on any atom is 0.242 e. The summed E-state index contributed by atoms with van der Waals surface area (Å²) in [6, 6.07) is 11.4. The summed E-state index contributed by atoms with van der Waals surface area (Å²) >= 11 is 6.06. The number of aromatic nitrogens is 3. The van der Waals surface area contributed by atoms with Gasteiger partial charge < -0.3 is 19.1 Å². The van der Waals surface area contributed by atoms with Crippen molar-refractivity contribution in [3.05, 3.63) is 60.1 Å². The summed E-state index contributed by atoms with van der Waals surface area (Å²) in [7, 11) is 2.10. The lowest BCUT2D eigenvalue weighted by Crippen LogP contribution is -2.71. The Hall–Kier alpha value is -2.74. The number of hydrogen-bond donors (Lipinski definition) is 0. The van der Waals surface area contributed by atoms with Crippen molar-refractivity contribution in [3.8, 4) is 22.5 Å². The second-order valence-corrected chi connectivity index (χ2v) is 8.77. The zero-order valence-electron chi connectivity index (χ0n) is 17.4. The van der Waals surface area contributed by atoms with Crippen LogP contribution in [-0.4, -0.2) is 75.7 Å². The zero-order valence-corrected chi connectivity index (χ0v) is 18.1. The van der Waals surface area contributed by atoms with Crippen LogP contribution < -0.4 is 0 Å². The van der Waals surface area contributed by atoms with Gasteiger partial charge in [0.15, 0.2) is 0 Å². The number of hydrogen-bond acceptors (Lipinski definition) is 5. The molecule has 1 amide bonds. The van der Waals surface area contributed by atoms with Crippen molar-refractivity contribution in [1.82, 2.24) is 24.3 Å². The summed E-state index contributed by atoms with van der Waals surface area (Å²) in [6.07, 6.45) is 5.23. The lowest BCUT2D eigenvalue weighted by molar-refractivity contribution is -0.189. The van der Waals surface area contributed by atoms with Gasteiger partial charge in [-0.1, -0.05) is 23.7 Å². The Morgan fingerprint density at radius 1 is 1.10 bits per heavy atom. The molecule has 0 aliphatic carbocycles. The van der Waals surface area contributed by atoms with E-state index < -0.39 is 0 Å². The molecule has 0 atom stereocenters. The minimum atomic E-state index is -0.208. The number of benzene rings is 1. The molecule has 160 valence electrons. The highest BCUT2D eigenvalue weighted by atomic mass is 35.5. The van der Waals surface area contributed by atoms with Crippen molar-refractivity contribution in [1.29, 1.82) is 0 Å². The number of ether oxygens (including phenoxy) is 1. The Morgan fingerprint density at radius 2 is 1.84 bits per heavy atom. The first kappa shape index (κ1) is 20.2. The lowest BCUT2D eigenvalue weighted by Gasteiger charge is -2.53. The van der Waals surface area contributed by atoms with Crippen LogP contribution in [0.15, 0.2) is 55.1 Å². The first-order chi connectivity index (χ1) is 15.0. The van der Waals surface area contributed by atoms with Crippen molar-refractivity contribution in [2.24, 2.45) is 0 Å². The quantitative estimate of drug-likeness (QED) is 0.628. The molecule has 4 heterocycles. The minimum absolute atomic E-state index is 0.0674. The molecule has 0 radical (unpaired) electrons. The highest BCUT2D eigenvalue weighted by molar-refractivity contribution is 6.30. The summed E-state index contributed by atoms with van der Waals surface area (Å²) in [5.74, 6) is 0.0674. The number of amides is 1. The highest BCUT2D eigenvalue weighted by Crippen LogP contribution is 2.33. The fourth-order valence-electron chi connectivity index (χ4n) is 4.43. The molecule has 3 aromatic rings. The Labute approximate surface area is 186 Å². The van der Waals surface area contributed by atoms with Gasteiger partial charge in [-0.2, -0.15) is 0 Å². The van der Waals surface area contributed by atoms with Gasteiger partial charge in [0.05, 0.1) is 37.4 Å². The second-order valence-electron chi connectivity index (χ2n) is 8.33. The van der Waals surface area contributed by atoms with E-state index in [0.717, 1.165) is 42.2 Å². The molecule has 0 unspecified atom stereocenters. The van der Waals surface area contributed by atoms with Crippen molar-refractivity contribution in [2.75, 3.05) is 39.8 Å². The third-order valence-corrected chi connectivity index (χ3v) is 6.22. The molecule has 7 nitrogen and oxygen atoms in total. The van der Waals surface area contributed by atoms with Crippen LogP contribution in [0.5, 0.6) is 0 Å². The molecule has 2 aliphatic heterocycles. The largest absolute Gasteiger partial charge is 0.369 e. The predicted molar refractivity (Wildman–Crippen MR) is 119 cm³/mol. The van der Waals surface area contributed by atoms with Gasteiger partial charge >= 0.3 is 0 Å². The Balaban J connectivity index is 1.39. The average molecular weight is 438 g/mol. The number of imidazole rings is 1. The number of morpholine rings is 1. The first-order valence-corrected chi connectivity index (χ1v) is 10.7. The topological polar surface area (TPSA) is 63.5 Å². The van der Waals surface area contributed by atoms with E-state index in [1.165, 1.54) is 0 Å². The maximum atomic E-state index is 13.1. The van der Waals surface area contributed by atoms with Crippen LogP contribution in [0.3, 0.4) is 0 Å². The number of halogens is 1. The molecule has 5 rings (SSSR count). The third-order valence-electron chi connectivity index (χ3n) is 5.96. The molecule has 0 N–H and O–H groups in total. The van der Waals surface area contributed by atoms with Gasteiger partial charge in [-0.25, -0.2) is 4.98 Å². The second kappa shape index (κ2) is 8.07. The molecule has 0 bridgehead atoms. The first-order valence-electron chi connectivity index (χ1n) is 10.3. The summed E-state index contributed by atoms with van der Waals surface area (Å²) < 4.78 is 7.91. The van der Waals surface area contributed by atoms with Crippen molar-refractivity contribution in [2.45, 2.75) is 12.1 Å². The Kier molecular flexibility index (Phi) is 5.25. The average Bonchev–Trinajstić information content (AvgIpc) is 3.16. The van der Waals surface area contributed by atoms with Crippen LogP contribution in [0.25, 0.3) is 22.5 Å². The normalized spacial score (nSPS) is 18.2. The van der Waals surface area contributed by atoms with E-state index in [2.05, 4.69) is 21.9 Å². The molecule has 2 aliphatic rings. The number of likely N-dealkylation sites (N-methyl/N-ethyl adjacent to an activating group) is 1. The van der Waals surface area contributed by atoms with Gasteiger partial charge in [0.2, 0.25) is 5.91 Å². The zero-order chi connectivity index (χ0) is 21.4. The molecular formula is C23H24ClN5O2. The molecule has 2 fully saturated rings. The molecule has 2 saturated heterocycles. The van der Waals surface area contributed by atoms with E-state index in [1.54, 1.807) is 18.7 Å². The van der Waals surface area contributed by atoms with Crippen LogP contribution >= 0.6 is 11.6 Å². The SMILES string of the molecule is CN1CCOC2(C1)CN(C(=O)Cn1cnc(-c3ccc(Cl)cc3)c1-c1ccncc1)C2. The fraction of sp³-hybridized carbons (Fsp3) is 0.348. The van der Waals surface area contributed by atoms with Gasteiger partial charge in [-0.05, 0) is 31.3 Å².